The van der Waals surface area contributed by atoms with Crippen molar-refractivity contribution in [3.63, 3.8) is 0 Å². The molecule has 17 heavy (non-hydrogen) atoms. The van der Waals surface area contributed by atoms with Crippen molar-refractivity contribution in [3.05, 3.63) is 28.3 Å². The Kier molecular flexibility index (Phi) is 2.07. The third-order valence-electron chi connectivity index (χ3n) is 2.98. The summed E-state index contributed by atoms with van der Waals surface area (Å²) in [5.74, 6) is 0.841. The van der Waals surface area contributed by atoms with Gasteiger partial charge in [-0.15, -0.1) is 0 Å². The van der Waals surface area contributed by atoms with Gasteiger partial charge in [0.25, 0.3) is 0 Å². The van der Waals surface area contributed by atoms with Gasteiger partial charge in [0.05, 0.1) is 17.2 Å². The maximum Gasteiger partial charge on any atom is 0.326 e. The summed E-state index contributed by atoms with van der Waals surface area (Å²) >= 11 is 0. The summed E-state index contributed by atoms with van der Waals surface area (Å²) in [6.07, 6.45) is 5.76. The molecule has 3 rings (SSSR count). The van der Waals surface area contributed by atoms with Crippen molar-refractivity contribution in [2.24, 2.45) is 0 Å². The van der Waals surface area contributed by atoms with Crippen LogP contribution in [-0.2, 0) is 0 Å². The van der Waals surface area contributed by atoms with Crippen LogP contribution in [-0.4, -0.2) is 21.1 Å². The van der Waals surface area contributed by atoms with E-state index >= 15 is 0 Å². The molecule has 0 fully saturated rings. The van der Waals surface area contributed by atoms with Crippen molar-refractivity contribution in [3.8, 4) is 0 Å². The Morgan fingerprint density at radius 2 is 2.29 bits per heavy atom. The first-order chi connectivity index (χ1) is 8.18. The van der Waals surface area contributed by atoms with Crippen molar-refractivity contribution in [1.82, 2.24) is 14.5 Å². The first kappa shape index (κ1) is 10.1. The molecule has 0 aromatic carbocycles. The molecule has 2 aromatic rings. The van der Waals surface area contributed by atoms with E-state index in [0.29, 0.717) is 0 Å². The zero-order chi connectivity index (χ0) is 12.0. The molecule has 5 nitrogen and oxygen atoms in total. The van der Waals surface area contributed by atoms with E-state index in [0.717, 1.165) is 29.0 Å². The number of pyridine rings is 1. The predicted octanol–water partition coefficient (Wildman–Crippen LogP) is 1.74. The average molecular weight is 230 g/mol. The van der Waals surface area contributed by atoms with E-state index in [4.69, 9.17) is 0 Å². The third kappa shape index (κ3) is 1.39. The molecule has 0 aliphatic carbocycles. The zero-order valence-corrected chi connectivity index (χ0v) is 9.82. The summed E-state index contributed by atoms with van der Waals surface area (Å²) in [4.78, 5) is 19.1. The quantitative estimate of drug-likeness (QED) is 0.784. The van der Waals surface area contributed by atoms with Gasteiger partial charge in [0, 0.05) is 18.2 Å². The third-order valence-corrected chi connectivity index (χ3v) is 2.98. The number of hydrogen-bond donors (Lipinski definition) is 2. The molecular formula is C12H14N4O. The molecule has 0 atom stereocenters. The Hall–Kier alpha value is -2.04. The smallest absolute Gasteiger partial charge is 0.326 e. The van der Waals surface area contributed by atoms with Gasteiger partial charge in [0.1, 0.15) is 5.82 Å². The predicted molar refractivity (Wildman–Crippen MR) is 68.3 cm³/mol. The van der Waals surface area contributed by atoms with Crippen LogP contribution in [0.3, 0.4) is 0 Å². The van der Waals surface area contributed by atoms with Crippen molar-refractivity contribution in [2.45, 2.75) is 19.9 Å². The number of aromatic amines is 1. The number of hydrogen-bond acceptors (Lipinski definition) is 3. The van der Waals surface area contributed by atoms with Gasteiger partial charge in [-0.2, -0.15) is 0 Å². The molecule has 2 aromatic heterocycles. The second-order valence-electron chi connectivity index (χ2n) is 4.46. The summed E-state index contributed by atoms with van der Waals surface area (Å²) in [6, 6.07) is 0.123. The Labute approximate surface area is 98.2 Å². The van der Waals surface area contributed by atoms with Crippen molar-refractivity contribution < 1.29 is 0 Å². The summed E-state index contributed by atoms with van der Waals surface area (Å²) < 4.78 is 1.77. The SMILES string of the molecule is CC(C)n1c(=O)[nH]c2cnc3c(c21)C=CCN3. The molecule has 0 amide bonds. The highest BCUT2D eigenvalue weighted by atomic mass is 16.1. The van der Waals surface area contributed by atoms with E-state index < -0.39 is 0 Å². The van der Waals surface area contributed by atoms with Crippen molar-refractivity contribution in [2.75, 3.05) is 11.9 Å². The number of anilines is 1. The second-order valence-corrected chi connectivity index (χ2v) is 4.46. The molecule has 0 saturated carbocycles. The monoisotopic (exact) mass is 230 g/mol. The van der Waals surface area contributed by atoms with Gasteiger partial charge in [0.2, 0.25) is 0 Å². The van der Waals surface area contributed by atoms with Crippen molar-refractivity contribution in [1.29, 1.82) is 0 Å². The van der Waals surface area contributed by atoms with E-state index in [1.807, 2.05) is 26.0 Å². The largest absolute Gasteiger partial charge is 0.366 e. The number of nitrogens with zero attached hydrogens (tertiary/aromatic N) is 2. The molecule has 0 saturated heterocycles. The first-order valence-electron chi connectivity index (χ1n) is 5.72. The van der Waals surface area contributed by atoms with Crippen LogP contribution < -0.4 is 11.0 Å². The van der Waals surface area contributed by atoms with Gasteiger partial charge in [-0.1, -0.05) is 12.2 Å². The lowest BCUT2D eigenvalue weighted by Crippen LogP contribution is -2.19. The van der Waals surface area contributed by atoms with Crippen LogP contribution in [0.4, 0.5) is 5.82 Å². The maximum atomic E-state index is 11.9. The average Bonchev–Trinajstić information content (AvgIpc) is 2.65. The normalized spacial score (nSPS) is 14.1. The highest BCUT2D eigenvalue weighted by Gasteiger charge is 2.17. The van der Waals surface area contributed by atoms with Gasteiger partial charge in [0.15, 0.2) is 0 Å². The lowest BCUT2D eigenvalue weighted by Gasteiger charge is -2.15. The van der Waals surface area contributed by atoms with Crippen LogP contribution in [0.1, 0.15) is 25.5 Å². The summed E-state index contributed by atoms with van der Waals surface area (Å²) in [5, 5.41) is 3.20. The van der Waals surface area contributed by atoms with Crippen LogP contribution in [0.25, 0.3) is 17.1 Å². The van der Waals surface area contributed by atoms with Gasteiger partial charge in [-0.3, -0.25) is 4.57 Å². The Balaban J connectivity index is 2.46. The van der Waals surface area contributed by atoms with Gasteiger partial charge in [-0.05, 0) is 13.8 Å². The first-order valence-corrected chi connectivity index (χ1v) is 5.72. The minimum atomic E-state index is -0.0795. The van der Waals surface area contributed by atoms with Gasteiger partial charge < -0.3 is 10.3 Å². The fourth-order valence-corrected chi connectivity index (χ4v) is 2.27. The maximum absolute atomic E-state index is 11.9. The van der Waals surface area contributed by atoms with E-state index in [2.05, 4.69) is 15.3 Å². The summed E-state index contributed by atoms with van der Waals surface area (Å²) in [5.41, 5.74) is 2.62. The van der Waals surface area contributed by atoms with E-state index in [1.54, 1.807) is 10.8 Å². The van der Waals surface area contributed by atoms with Crippen LogP contribution in [0.2, 0.25) is 0 Å². The molecule has 0 bridgehead atoms. The van der Waals surface area contributed by atoms with Gasteiger partial charge in [-0.25, -0.2) is 9.78 Å². The molecule has 1 aliphatic rings. The Bertz CT molecular complexity index is 663. The number of nitrogens with one attached hydrogen (secondary N) is 2. The molecule has 1 aliphatic heterocycles. The molecule has 3 heterocycles. The number of H-pyrrole nitrogens is 1. The van der Waals surface area contributed by atoms with Crippen LogP contribution in [0.5, 0.6) is 0 Å². The minimum absolute atomic E-state index is 0.0795. The molecular weight excluding hydrogens is 216 g/mol. The number of aromatic nitrogens is 3. The highest BCUT2D eigenvalue weighted by molar-refractivity contribution is 5.90. The van der Waals surface area contributed by atoms with Crippen LogP contribution >= 0.6 is 0 Å². The van der Waals surface area contributed by atoms with Gasteiger partial charge >= 0.3 is 5.69 Å². The minimum Gasteiger partial charge on any atom is -0.366 e. The molecule has 0 radical (unpaired) electrons. The molecule has 0 spiro atoms. The lowest BCUT2D eigenvalue weighted by atomic mass is 10.1. The summed E-state index contributed by atoms with van der Waals surface area (Å²) in [7, 11) is 0. The van der Waals surface area contributed by atoms with E-state index in [9.17, 15) is 4.79 Å². The topological polar surface area (TPSA) is 62.7 Å². The molecule has 5 heteroatoms. The number of rotatable bonds is 1. The van der Waals surface area contributed by atoms with E-state index in [1.165, 1.54) is 0 Å². The standard InChI is InChI=1S/C12H14N4O/c1-7(2)16-10-8-4-3-5-13-11(8)14-6-9(10)15-12(16)17/h3-4,6-7H,5H2,1-2H3,(H,13,14)(H,15,17). The van der Waals surface area contributed by atoms with Crippen molar-refractivity contribution >= 4 is 22.9 Å². The molecule has 0 unspecified atom stereocenters. The van der Waals surface area contributed by atoms with Crippen LogP contribution in [0.15, 0.2) is 17.1 Å². The molecule has 88 valence electrons. The van der Waals surface area contributed by atoms with Crippen LogP contribution in [0, 0.1) is 0 Å². The lowest BCUT2D eigenvalue weighted by molar-refractivity contribution is 0.597. The second kappa shape index (κ2) is 3.48. The molecule has 2 N–H and O–H groups in total. The highest BCUT2D eigenvalue weighted by Crippen LogP contribution is 2.27. The Morgan fingerprint density at radius 3 is 3.06 bits per heavy atom. The Morgan fingerprint density at radius 1 is 1.47 bits per heavy atom. The number of imidazole rings is 1. The summed E-state index contributed by atoms with van der Waals surface area (Å²) in [6.45, 7) is 4.78. The fraction of sp³-hybridized carbons (Fsp3) is 0.333. The van der Waals surface area contributed by atoms with E-state index in [-0.39, 0.29) is 11.7 Å². The fourth-order valence-electron chi connectivity index (χ4n) is 2.27. The zero-order valence-electron chi connectivity index (χ0n) is 9.82. The number of fused-ring (bicyclic) bond motifs is 3.